The third-order valence-electron chi connectivity index (χ3n) is 9.39. The van der Waals surface area contributed by atoms with Crippen molar-refractivity contribution < 1.29 is 27.6 Å². The molecule has 15 heteroatoms. The predicted octanol–water partition coefficient (Wildman–Crippen LogP) is 5.50. The van der Waals surface area contributed by atoms with Crippen LogP contribution in [0.2, 0.25) is 5.02 Å². The summed E-state index contributed by atoms with van der Waals surface area (Å²) < 4.78 is 43.8. The van der Waals surface area contributed by atoms with E-state index in [1.165, 1.54) is 18.0 Å². The highest BCUT2D eigenvalue weighted by molar-refractivity contribution is 7.99. The summed E-state index contributed by atoms with van der Waals surface area (Å²) in [5.41, 5.74) is 13.1. The molecule has 53 heavy (non-hydrogen) atoms. The number of nitrogens with one attached hydrogen (secondary N) is 4. The van der Waals surface area contributed by atoms with Gasteiger partial charge in [-0.25, -0.2) is 0 Å². The van der Waals surface area contributed by atoms with Gasteiger partial charge >= 0.3 is 6.18 Å². The minimum absolute atomic E-state index is 0.0839. The van der Waals surface area contributed by atoms with Gasteiger partial charge in [0.25, 0.3) is 0 Å². The Kier molecular flexibility index (Phi) is 13.9. The minimum atomic E-state index is -4.76. The van der Waals surface area contributed by atoms with Crippen molar-refractivity contribution in [2.24, 2.45) is 11.5 Å². The SMILES string of the molecule is CN1C(=O)C(CCCCN)NC(=O)C(CCCN)NCc2ccccc2Sc2c(cc(Cl)cc2C(F)(F)F)CNC(=O)C1Cc1c[nH]c2ccccc12. The number of para-hydroxylation sites is 1. The zero-order valence-electron chi connectivity index (χ0n) is 29.4. The number of unbranched alkanes of at least 4 members (excludes halogenated alkanes) is 1. The van der Waals surface area contributed by atoms with Crippen LogP contribution in [0.4, 0.5) is 13.2 Å². The van der Waals surface area contributed by atoms with E-state index in [-0.39, 0.29) is 41.4 Å². The number of aromatic amines is 1. The van der Waals surface area contributed by atoms with Crippen LogP contribution in [0, 0.1) is 0 Å². The van der Waals surface area contributed by atoms with Gasteiger partial charge in [0.15, 0.2) is 0 Å². The van der Waals surface area contributed by atoms with Crippen LogP contribution in [0.25, 0.3) is 10.9 Å². The van der Waals surface area contributed by atoms with Crippen molar-refractivity contribution in [3.63, 3.8) is 0 Å². The average molecular weight is 772 g/mol. The molecular formula is C38H45ClF3N7O3S. The summed E-state index contributed by atoms with van der Waals surface area (Å²) in [6, 6.07) is 13.9. The number of amides is 3. The molecule has 3 unspecified atom stereocenters. The highest BCUT2D eigenvalue weighted by Gasteiger charge is 2.37. The summed E-state index contributed by atoms with van der Waals surface area (Å²) in [6.07, 6.45) is -0.605. The Bertz CT molecular complexity index is 1910. The van der Waals surface area contributed by atoms with Crippen molar-refractivity contribution >= 4 is 52.0 Å². The molecule has 2 heterocycles. The number of rotatable bonds is 9. The van der Waals surface area contributed by atoms with Crippen LogP contribution in [-0.2, 0) is 40.1 Å². The van der Waals surface area contributed by atoms with Crippen LogP contribution < -0.4 is 27.4 Å². The second kappa shape index (κ2) is 18.3. The highest BCUT2D eigenvalue weighted by atomic mass is 35.5. The fraction of sp³-hybridized carbons (Fsp3) is 0.395. The van der Waals surface area contributed by atoms with Gasteiger partial charge in [0.2, 0.25) is 17.7 Å². The molecule has 1 aliphatic rings. The van der Waals surface area contributed by atoms with Gasteiger partial charge in [0, 0.05) is 58.5 Å². The molecule has 284 valence electrons. The molecule has 10 nitrogen and oxygen atoms in total. The number of hydrogen-bond donors (Lipinski definition) is 6. The Morgan fingerprint density at radius 1 is 0.887 bits per heavy atom. The van der Waals surface area contributed by atoms with E-state index in [0.717, 1.165) is 34.3 Å². The van der Waals surface area contributed by atoms with Gasteiger partial charge in [-0.3, -0.25) is 14.4 Å². The summed E-state index contributed by atoms with van der Waals surface area (Å²) in [5.74, 6) is -1.50. The highest BCUT2D eigenvalue weighted by Crippen LogP contribution is 2.44. The maximum Gasteiger partial charge on any atom is 0.417 e. The Morgan fingerprint density at radius 3 is 2.36 bits per heavy atom. The lowest BCUT2D eigenvalue weighted by Gasteiger charge is -2.32. The molecule has 0 saturated heterocycles. The van der Waals surface area contributed by atoms with E-state index in [2.05, 4.69) is 20.9 Å². The van der Waals surface area contributed by atoms with Crippen molar-refractivity contribution in [2.45, 2.75) is 85.7 Å². The monoisotopic (exact) mass is 771 g/mol. The molecule has 3 amide bonds. The first-order valence-corrected chi connectivity index (χ1v) is 18.8. The van der Waals surface area contributed by atoms with Crippen LogP contribution in [0.1, 0.15) is 54.4 Å². The van der Waals surface area contributed by atoms with Crippen LogP contribution in [-0.4, -0.2) is 65.9 Å². The number of H-pyrrole nitrogens is 1. The predicted molar refractivity (Wildman–Crippen MR) is 201 cm³/mol. The van der Waals surface area contributed by atoms with Crippen LogP contribution in [0.5, 0.6) is 0 Å². The lowest BCUT2D eigenvalue weighted by Crippen LogP contribution is -2.57. The van der Waals surface area contributed by atoms with Crippen molar-refractivity contribution in [3.05, 3.63) is 94.1 Å². The number of nitrogens with zero attached hydrogens (tertiary/aromatic N) is 1. The van der Waals surface area contributed by atoms with E-state index in [0.29, 0.717) is 49.2 Å². The van der Waals surface area contributed by atoms with E-state index < -0.39 is 47.6 Å². The number of halogens is 4. The van der Waals surface area contributed by atoms with E-state index in [4.69, 9.17) is 23.1 Å². The number of carbonyl (C=O) groups is 3. The number of fused-ring (bicyclic) bond motifs is 3. The van der Waals surface area contributed by atoms with Gasteiger partial charge in [0.05, 0.1) is 11.6 Å². The van der Waals surface area contributed by atoms with Crippen LogP contribution in [0.3, 0.4) is 0 Å². The first kappa shape index (κ1) is 40.1. The molecule has 3 aromatic carbocycles. The summed E-state index contributed by atoms with van der Waals surface area (Å²) in [6.45, 7) is 0.570. The number of hydrogen-bond acceptors (Lipinski definition) is 7. The number of alkyl halides is 3. The normalized spacial score (nSPS) is 19.3. The maximum atomic E-state index is 14.6. The largest absolute Gasteiger partial charge is 0.417 e. The lowest BCUT2D eigenvalue weighted by molar-refractivity contribution is -0.142. The number of likely N-dealkylation sites (N-methyl/N-ethyl adjacent to an activating group) is 1. The van der Waals surface area contributed by atoms with Gasteiger partial charge in [-0.05, 0) is 86.1 Å². The summed E-state index contributed by atoms with van der Waals surface area (Å²) in [7, 11) is 1.50. The zero-order chi connectivity index (χ0) is 38.1. The molecule has 1 aromatic heterocycles. The zero-order valence-corrected chi connectivity index (χ0v) is 31.0. The first-order valence-electron chi connectivity index (χ1n) is 17.6. The number of nitrogens with two attached hydrogens (primary N) is 2. The van der Waals surface area contributed by atoms with Gasteiger partial charge in [-0.2, -0.15) is 13.2 Å². The van der Waals surface area contributed by atoms with E-state index in [9.17, 15) is 27.6 Å². The third-order valence-corrected chi connectivity index (χ3v) is 10.9. The number of carbonyl (C=O) groups excluding carboxylic acids is 3. The van der Waals surface area contributed by atoms with Gasteiger partial charge in [0.1, 0.15) is 12.1 Å². The van der Waals surface area contributed by atoms with E-state index >= 15 is 0 Å². The van der Waals surface area contributed by atoms with Crippen molar-refractivity contribution in [2.75, 3.05) is 20.1 Å². The smallest absolute Gasteiger partial charge is 0.361 e. The van der Waals surface area contributed by atoms with Crippen LogP contribution in [0.15, 0.2) is 76.7 Å². The third kappa shape index (κ3) is 10.1. The molecule has 0 saturated carbocycles. The van der Waals surface area contributed by atoms with Gasteiger partial charge in [-0.1, -0.05) is 59.8 Å². The molecule has 0 fully saturated rings. The quantitative estimate of drug-likeness (QED) is 0.123. The molecule has 0 aliphatic carbocycles. The summed E-state index contributed by atoms with van der Waals surface area (Å²) in [5, 5.41) is 9.75. The second-order valence-electron chi connectivity index (χ2n) is 13.1. The maximum absolute atomic E-state index is 14.6. The molecule has 3 atom stereocenters. The fourth-order valence-electron chi connectivity index (χ4n) is 6.49. The van der Waals surface area contributed by atoms with Gasteiger partial charge < -0.3 is 37.3 Å². The molecule has 1 aliphatic heterocycles. The standard InChI is InChI=1S/C38H45ClF3N7O3S/c1-49-32(18-24-21-45-29-11-4-3-10-27(24)29)36(51)47-22-25-17-26(39)19-28(38(40,41)42)34(25)53-33-14-5-2-9-23(33)20-46-30(13-8-16-44)35(50)48-31(37(49)52)12-6-7-15-43/h2-5,9-11,14,17,19,21,30-32,45-46H,6-8,12-13,15-16,18,20,22,43-44H2,1H3,(H,47,51)(H,48,50). The van der Waals surface area contributed by atoms with Crippen molar-refractivity contribution in [1.82, 2.24) is 25.8 Å². The Hall–Kier alpha value is -4.08. The Balaban J connectivity index is 1.62. The molecule has 4 aromatic rings. The lowest BCUT2D eigenvalue weighted by atomic mass is 10.0. The van der Waals surface area contributed by atoms with E-state index in [1.807, 2.05) is 24.3 Å². The Labute approximate surface area is 315 Å². The molecular weight excluding hydrogens is 727 g/mol. The molecule has 0 radical (unpaired) electrons. The number of aromatic nitrogens is 1. The second-order valence-corrected chi connectivity index (χ2v) is 14.6. The minimum Gasteiger partial charge on any atom is -0.361 e. The van der Waals surface area contributed by atoms with Crippen LogP contribution >= 0.6 is 23.4 Å². The summed E-state index contributed by atoms with van der Waals surface area (Å²) in [4.78, 5) is 47.5. The van der Waals surface area contributed by atoms with Crippen molar-refractivity contribution in [1.29, 1.82) is 0 Å². The van der Waals surface area contributed by atoms with E-state index in [1.54, 1.807) is 30.5 Å². The number of benzene rings is 3. The first-order chi connectivity index (χ1) is 25.4. The Morgan fingerprint density at radius 2 is 1.60 bits per heavy atom. The fourth-order valence-corrected chi connectivity index (χ4v) is 7.91. The molecule has 0 bridgehead atoms. The summed E-state index contributed by atoms with van der Waals surface area (Å²) >= 11 is 7.19. The van der Waals surface area contributed by atoms with Crippen molar-refractivity contribution in [3.8, 4) is 0 Å². The molecule has 0 spiro atoms. The van der Waals surface area contributed by atoms with Gasteiger partial charge in [-0.15, -0.1) is 0 Å². The molecule has 5 rings (SSSR count). The average Bonchev–Trinajstić information content (AvgIpc) is 3.55. The molecule has 8 N–H and O–H groups in total. The topological polar surface area (TPSA) is 158 Å².